The first-order valence-corrected chi connectivity index (χ1v) is 6.02. The van der Waals surface area contributed by atoms with Gasteiger partial charge < -0.3 is 9.68 Å². The lowest BCUT2D eigenvalue weighted by atomic mass is 10.1. The van der Waals surface area contributed by atoms with E-state index in [-0.39, 0.29) is 0 Å². The molecule has 0 atom stereocenters. The van der Waals surface area contributed by atoms with Crippen LogP contribution in [0.25, 0.3) is 0 Å². The number of halogens is 1. The van der Waals surface area contributed by atoms with Crippen molar-refractivity contribution in [1.82, 2.24) is 0 Å². The van der Waals surface area contributed by atoms with Crippen LogP contribution >= 0.6 is 15.9 Å². The largest absolute Gasteiger partial charge is 0.399 e. The van der Waals surface area contributed by atoms with Crippen LogP contribution in [0.1, 0.15) is 19.4 Å². The lowest BCUT2D eigenvalue weighted by molar-refractivity contribution is 0.159. The maximum absolute atomic E-state index is 5.01. The fourth-order valence-corrected chi connectivity index (χ4v) is 1.50. The average Bonchev–Trinajstić information content (AvgIpc) is 2.34. The summed E-state index contributed by atoms with van der Waals surface area (Å²) in [5.74, 6) is 0. The molecule has 0 radical (unpaired) electrons. The Hall–Kier alpha value is -1.36. The number of hydrogen-bond donors (Lipinski definition) is 0. The minimum Gasteiger partial charge on any atom is -0.399 e. The molecule has 0 aliphatic heterocycles. The Morgan fingerprint density at radius 3 is 2.41 bits per heavy atom. The third-order valence-electron chi connectivity index (χ3n) is 1.97. The maximum atomic E-state index is 5.01. The fraction of sp³-hybridized carbons (Fsp3) is 0.333. The number of rotatable bonds is 5. The van der Waals surface area contributed by atoms with Crippen LogP contribution in [-0.4, -0.2) is 25.1 Å². The van der Waals surface area contributed by atoms with Crippen molar-refractivity contribution in [3.63, 3.8) is 0 Å². The summed E-state index contributed by atoms with van der Waals surface area (Å²) in [6, 6.07) is 7.75. The van der Waals surface area contributed by atoms with E-state index in [2.05, 4.69) is 26.2 Å². The lowest BCUT2D eigenvalue weighted by Gasteiger charge is -2.05. The van der Waals surface area contributed by atoms with Crippen LogP contribution in [0, 0.1) is 0 Å². The smallest absolute Gasteiger partial charge is 0.134 e. The van der Waals surface area contributed by atoms with E-state index in [4.69, 9.17) is 9.68 Å². The molecule has 0 fully saturated rings. The zero-order valence-electron chi connectivity index (χ0n) is 10.1. The van der Waals surface area contributed by atoms with Crippen molar-refractivity contribution in [2.45, 2.75) is 13.8 Å². The Labute approximate surface area is 109 Å². The molecule has 0 N–H and O–H groups in total. The van der Waals surface area contributed by atoms with Crippen molar-refractivity contribution in [1.29, 1.82) is 0 Å². The van der Waals surface area contributed by atoms with Crippen molar-refractivity contribution in [3.8, 4) is 0 Å². The molecule has 1 rings (SSSR count). The van der Waals surface area contributed by atoms with Gasteiger partial charge in [0.1, 0.15) is 25.1 Å². The monoisotopic (exact) mass is 298 g/mol. The average molecular weight is 299 g/mol. The molecule has 0 bridgehead atoms. The van der Waals surface area contributed by atoms with Crippen molar-refractivity contribution in [2.24, 2.45) is 10.3 Å². The Morgan fingerprint density at radius 2 is 1.88 bits per heavy atom. The van der Waals surface area contributed by atoms with Gasteiger partial charge in [-0.15, -0.1) is 0 Å². The predicted octanol–water partition coefficient (Wildman–Crippen LogP) is 3.21. The van der Waals surface area contributed by atoms with Gasteiger partial charge in [-0.25, -0.2) is 0 Å². The topological polar surface area (TPSA) is 43.2 Å². The van der Waals surface area contributed by atoms with Gasteiger partial charge in [0.15, 0.2) is 0 Å². The van der Waals surface area contributed by atoms with Crippen LogP contribution in [0.2, 0.25) is 0 Å². The minimum atomic E-state index is 0.526. The van der Waals surface area contributed by atoms with E-state index >= 15 is 0 Å². The second kappa shape index (κ2) is 7.06. The molecular weight excluding hydrogens is 284 g/mol. The van der Waals surface area contributed by atoms with Crippen molar-refractivity contribution >= 4 is 27.4 Å². The van der Waals surface area contributed by atoms with Gasteiger partial charge in [-0.1, -0.05) is 38.4 Å². The number of benzene rings is 1. The van der Waals surface area contributed by atoms with Gasteiger partial charge in [0, 0.05) is 10.0 Å². The summed E-state index contributed by atoms with van der Waals surface area (Å²) in [7, 11) is 1.51. The highest BCUT2D eigenvalue weighted by molar-refractivity contribution is 9.10. The molecule has 0 unspecified atom stereocenters. The van der Waals surface area contributed by atoms with E-state index in [9.17, 15) is 0 Å². The first kappa shape index (κ1) is 13.7. The lowest BCUT2D eigenvalue weighted by Crippen LogP contribution is -2.13. The highest BCUT2D eigenvalue weighted by Gasteiger charge is 2.09. The molecule has 92 valence electrons. The van der Waals surface area contributed by atoms with E-state index in [0.717, 1.165) is 10.0 Å². The Morgan fingerprint density at radius 1 is 1.24 bits per heavy atom. The standard InChI is InChI=1S/C12H15BrN2O2/c1-4-17-14-9(2)12(15-16-3)10-5-7-11(13)8-6-10/h5-8H,4H2,1-3H3. The van der Waals surface area contributed by atoms with Gasteiger partial charge in [0.25, 0.3) is 0 Å². The number of hydrogen-bond acceptors (Lipinski definition) is 4. The Balaban J connectivity index is 3.01. The molecule has 0 amide bonds. The van der Waals surface area contributed by atoms with Crippen molar-refractivity contribution < 1.29 is 9.68 Å². The van der Waals surface area contributed by atoms with Crippen LogP contribution in [0.4, 0.5) is 0 Å². The molecule has 1 aromatic rings. The van der Waals surface area contributed by atoms with E-state index in [0.29, 0.717) is 18.0 Å². The highest BCUT2D eigenvalue weighted by atomic mass is 79.9. The summed E-state index contributed by atoms with van der Waals surface area (Å²) >= 11 is 3.39. The van der Waals surface area contributed by atoms with Gasteiger partial charge in [0.05, 0.1) is 0 Å². The molecule has 0 saturated carbocycles. The van der Waals surface area contributed by atoms with Crippen LogP contribution in [0.3, 0.4) is 0 Å². The molecule has 0 aromatic heterocycles. The van der Waals surface area contributed by atoms with Gasteiger partial charge in [-0.05, 0) is 26.0 Å². The second-order valence-corrected chi connectivity index (χ2v) is 4.14. The molecule has 1 aromatic carbocycles. The Bertz CT molecular complexity index is 413. The maximum Gasteiger partial charge on any atom is 0.134 e. The number of oxime groups is 2. The summed E-state index contributed by atoms with van der Waals surface area (Å²) in [6.45, 7) is 4.23. The highest BCUT2D eigenvalue weighted by Crippen LogP contribution is 2.12. The summed E-state index contributed by atoms with van der Waals surface area (Å²) < 4.78 is 1.01. The molecule has 17 heavy (non-hydrogen) atoms. The second-order valence-electron chi connectivity index (χ2n) is 3.22. The Kier molecular flexibility index (Phi) is 5.69. The third-order valence-corrected chi connectivity index (χ3v) is 2.50. The van der Waals surface area contributed by atoms with Crippen LogP contribution in [0.15, 0.2) is 39.0 Å². The first-order valence-electron chi connectivity index (χ1n) is 5.23. The minimum absolute atomic E-state index is 0.526. The van der Waals surface area contributed by atoms with Crippen LogP contribution in [-0.2, 0) is 9.68 Å². The number of nitrogens with zero attached hydrogens (tertiary/aromatic N) is 2. The molecule has 0 heterocycles. The normalized spacial score (nSPS) is 12.5. The summed E-state index contributed by atoms with van der Waals surface area (Å²) in [4.78, 5) is 9.84. The van der Waals surface area contributed by atoms with Crippen molar-refractivity contribution in [2.75, 3.05) is 13.7 Å². The quantitative estimate of drug-likeness (QED) is 0.619. The van der Waals surface area contributed by atoms with E-state index < -0.39 is 0 Å². The molecule has 0 aliphatic rings. The van der Waals surface area contributed by atoms with Gasteiger partial charge in [0.2, 0.25) is 0 Å². The van der Waals surface area contributed by atoms with E-state index in [1.54, 1.807) is 0 Å². The fourth-order valence-electron chi connectivity index (χ4n) is 1.23. The van der Waals surface area contributed by atoms with Gasteiger partial charge in [-0.2, -0.15) is 0 Å². The molecule has 4 nitrogen and oxygen atoms in total. The summed E-state index contributed by atoms with van der Waals surface area (Å²) in [5, 5.41) is 7.92. The molecule has 0 aliphatic carbocycles. The van der Waals surface area contributed by atoms with Crippen LogP contribution in [0.5, 0.6) is 0 Å². The molecular formula is C12H15BrN2O2. The van der Waals surface area contributed by atoms with E-state index in [1.807, 2.05) is 38.1 Å². The molecule has 0 spiro atoms. The SMILES string of the molecule is CCON=C(C)C(=NOC)c1ccc(Br)cc1. The predicted molar refractivity (Wildman–Crippen MR) is 72.4 cm³/mol. The van der Waals surface area contributed by atoms with Gasteiger partial charge in [-0.3, -0.25) is 0 Å². The first-order chi connectivity index (χ1) is 8.19. The van der Waals surface area contributed by atoms with Crippen LogP contribution < -0.4 is 0 Å². The van der Waals surface area contributed by atoms with Gasteiger partial charge >= 0.3 is 0 Å². The zero-order valence-corrected chi connectivity index (χ0v) is 11.7. The summed E-state index contributed by atoms with van der Waals surface area (Å²) in [6.07, 6.45) is 0. The molecule has 5 heteroatoms. The third kappa shape index (κ3) is 4.19. The summed E-state index contributed by atoms with van der Waals surface area (Å²) in [5.41, 5.74) is 2.26. The zero-order chi connectivity index (χ0) is 12.7. The molecule has 0 saturated heterocycles. The van der Waals surface area contributed by atoms with E-state index in [1.165, 1.54) is 7.11 Å². The van der Waals surface area contributed by atoms with Crippen molar-refractivity contribution in [3.05, 3.63) is 34.3 Å².